The Kier molecular flexibility index (Phi) is 18.8. The Labute approximate surface area is 457 Å². The number of halogens is 2. The van der Waals surface area contributed by atoms with Crippen LogP contribution in [-0.4, -0.2) is 125 Å². The number of ether oxygens (including phenoxy) is 1. The predicted octanol–water partition coefficient (Wildman–Crippen LogP) is 9.09. The lowest BCUT2D eigenvalue weighted by molar-refractivity contribution is -0.148. The summed E-state index contributed by atoms with van der Waals surface area (Å²) in [5.41, 5.74) is 3.04. The maximum atomic E-state index is 15.6. The van der Waals surface area contributed by atoms with E-state index in [2.05, 4.69) is 54.8 Å². The highest BCUT2D eigenvalue weighted by Crippen LogP contribution is 2.38. The van der Waals surface area contributed by atoms with E-state index in [1.165, 1.54) is 4.90 Å². The minimum absolute atomic E-state index is 0.142. The van der Waals surface area contributed by atoms with E-state index < -0.39 is 55.7 Å². The first kappa shape index (κ1) is 57.5. The predicted molar refractivity (Wildman–Crippen MR) is 298 cm³/mol. The van der Waals surface area contributed by atoms with Crippen LogP contribution in [0.4, 0.5) is 4.79 Å². The molecule has 4 aromatic carbocycles. The van der Waals surface area contributed by atoms with Gasteiger partial charge >= 0.3 is 6.09 Å². The van der Waals surface area contributed by atoms with Crippen molar-refractivity contribution in [3.63, 3.8) is 0 Å². The Bertz CT molecular complexity index is 2840. The van der Waals surface area contributed by atoms with Gasteiger partial charge in [0.05, 0.1) is 43.0 Å². The van der Waals surface area contributed by atoms with Crippen LogP contribution in [0.5, 0.6) is 11.5 Å². The van der Waals surface area contributed by atoms with Gasteiger partial charge in [0.2, 0.25) is 23.6 Å². The quantitative estimate of drug-likeness (QED) is 0.0655. The average molecular weight is 1100 g/mol. The van der Waals surface area contributed by atoms with Crippen molar-refractivity contribution in [1.29, 1.82) is 0 Å². The van der Waals surface area contributed by atoms with Gasteiger partial charge in [0, 0.05) is 54.3 Å². The number of aromatic nitrogens is 2. The van der Waals surface area contributed by atoms with E-state index in [9.17, 15) is 9.90 Å². The number of carbonyl (C=O) groups is 5. The van der Waals surface area contributed by atoms with Gasteiger partial charge in [-0.05, 0) is 124 Å². The molecule has 2 saturated heterocycles. The molecule has 7 rings (SSSR count). The number of benzene rings is 4. The van der Waals surface area contributed by atoms with Crippen LogP contribution in [-0.2, 0) is 56.6 Å². The zero-order valence-electron chi connectivity index (χ0n) is 44.8. The second kappa shape index (κ2) is 24.8. The molecule has 5 aromatic rings. The summed E-state index contributed by atoms with van der Waals surface area (Å²) in [6, 6.07) is 26.7. The fourth-order valence-corrected chi connectivity index (χ4v) is 11.0. The number of carboxylic acid groups (broad SMARTS) is 1. The van der Waals surface area contributed by atoms with Crippen molar-refractivity contribution in [2.24, 2.45) is 13.0 Å². The van der Waals surface area contributed by atoms with Gasteiger partial charge in [-0.3, -0.25) is 19.2 Å². The van der Waals surface area contributed by atoms with Crippen molar-refractivity contribution < 1.29 is 38.2 Å². The molecule has 4 N–H and O–H groups in total. The van der Waals surface area contributed by atoms with E-state index >= 15 is 19.2 Å². The molecule has 19 heteroatoms. The number of amides is 5. The second-order valence-electron chi connectivity index (χ2n) is 22.0. The highest BCUT2D eigenvalue weighted by atomic mass is 35.5. The van der Waals surface area contributed by atoms with Crippen molar-refractivity contribution in [2.45, 2.75) is 108 Å². The Morgan fingerprint density at radius 1 is 0.934 bits per heavy atom. The van der Waals surface area contributed by atoms with Crippen LogP contribution >= 0.6 is 23.2 Å². The number of fused-ring (bicyclic) bond motifs is 2. The molecule has 406 valence electrons. The van der Waals surface area contributed by atoms with Crippen molar-refractivity contribution in [3.8, 4) is 22.8 Å². The molecular formula is C57H72Cl2N8O8Si. The fraction of sp³-hybridized carbons (Fsp3) is 0.439. The number of rotatable bonds is 17. The normalized spacial score (nSPS) is 20.0. The Morgan fingerprint density at radius 2 is 1.63 bits per heavy atom. The molecule has 1 aromatic heterocycles. The van der Waals surface area contributed by atoms with E-state index in [1.54, 1.807) is 35.2 Å². The molecule has 76 heavy (non-hydrogen) atoms. The van der Waals surface area contributed by atoms with Crippen LogP contribution in [0.1, 0.15) is 69.0 Å². The molecule has 0 radical (unpaired) electrons. The molecule has 0 aliphatic carbocycles. The van der Waals surface area contributed by atoms with Crippen LogP contribution in [0.3, 0.4) is 0 Å². The van der Waals surface area contributed by atoms with Gasteiger partial charge in [-0.15, -0.1) is 0 Å². The van der Waals surface area contributed by atoms with Crippen LogP contribution < -0.4 is 20.7 Å². The first-order valence-electron chi connectivity index (χ1n) is 25.8. The summed E-state index contributed by atoms with van der Waals surface area (Å²) in [7, 11) is 3.40. The lowest BCUT2D eigenvalue weighted by Gasteiger charge is -2.45. The monoisotopic (exact) mass is 1090 g/mol. The van der Waals surface area contributed by atoms with E-state index in [0.717, 1.165) is 28.2 Å². The van der Waals surface area contributed by atoms with Crippen molar-refractivity contribution >= 4 is 61.2 Å². The largest absolute Gasteiger partial charge is 0.465 e. The van der Waals surface area contributed by atoms with E-state index in [1.807, 2.05) is 104 Å². The number of hydrogen-bond acceptors (Lipinski definition) is 9. The van der Waals surface area contributed by atoms with Gasteiger partial charge in [0.25, 0.3) is 0 Å². The molecule has 16 nitrogen and oxygen atoms in total. The minimum Gasteiger partial charge on any atom is -0.465 e. The topological polar surface area (TPSA) is 188 Å². The van der Waals surface area contributed by atoms with Gasteiger partial charge in [0.1, 0.15) is 29.4 Å². The standard InChI is InChI=1S/C57H72Cl2N8O8Si/c1-56(2,3)76(7,8)74-36-46-52(69)63-57(32-39-15-20-43(58)21-16-39)26-12-28-66(37-57)54(71)42(29-38-13-10-9-11-14-38)30-51(68)67(47(53(70)62-46)25-27-60-55(72)73)34-41-17-22-44(59)31-49(41)75-45-23-18-40(19-24-45)48-33-61-50(65(48)6)35-64(4)5/h9-11,13-24,31,33,42,46-47,60H,12,25-30,32,34-37H2,1-8H3,(H,62,70)(H,63,69)(H,72,73)/t42-,46+,47+,57-/m1/s1. The number of hydrogen-bond donors (Lipinski definition) is 4. The third-order valence-corrected chi connectivity index (χ3v) is 19.8. The third-order valence-electron chi connectivity index (χ3n) is 14.9. The minimum atomic E-state index is -2.55. The summed E-state index contributed by atoms with van der Waals surface area (Å²) >= 11 is 13.0. The molecule has 0 spiro atoms. The third kappa shape index (κ3) is 14.8. The first-order chi connectivity index (χ1) is 36.0. The number of piperidine rings is 1. The lowest BCUT2D eigenvalue weighted by atomic mass is 9.81. The number of nitrogens with one attached hydrogen (secondary N) is 3. The van der Waals surface area contributed by atoms with Crippen LogP contribution in [0.2, 0.25) is 28.2 Å². The number of imidazole rings is 1. The molecule has 4 atom stereocenters. The van der Waals surface area contributed by atoms with E-state index in [4.69, 9.17) is 32.4 Å². The second-order valence-corrected chi connectivity index (χ2v) is 27.6. The summed E-state index contributed by atoms with van der Waals surface area (Å²) in [6.45, 7) is 10.9. The summed E-state index contributed by atoms with van der Waals surface area (Å²) in [4.78, 5) is 83.2. The molecule has 2 bridgehead atoms. The molecule has 5 amide bonds. The maximum Gasteiger partial charge on any atom is 0.404 e. The number of nitrogens with zero attached hydrogens (tertiary/aromatic N) is 5. The average Bonchev–Trinajstić information content (AvgIpc) is 3.73. The summed E-state index contributed by atoms with van der Waals surface area (Å²) in [5, 5.41) is 19.2. The molecule has 0 unspecified atom stereocenters. The lowest BCUT2D eigenvalue weighted by Crippen LogP contribution is -2.66. The summed E-state index contributed by atoms with van der Waals surface area (Å²) < 4.78 is 15.3. The summed E-state index contributed by atoms with van der Waals surface area (Å²) in [5.74, 6) is -1.27. The highest BCUT2D eigenvalue weighted by molar-refractivity contribution is 6.74. The Hall–Kier alpha value is -6.24. The zero-order valence-corrected chi connectivity index (χ0v) is 47.3. The molecule has 2 aliphatic rings. The van der Waals surface area contributed by atoms with Gasteiger partial charge < -0.3 is 49.5 Å². The molecular weight excluding hydrogens is 1020 g/mol. The SMILES string of the molecule is CN(C)Cc1ncc(-c2ccc(Oc3cc(Cl)ccc3CN3C(=O)C[C@@H](Cc4ccccc4)C(=O)N4CCC[C@@](Cc5ccc(Cl)cc5)(C4)NC(=O)[C@H](CO[Si](C)(C)C(C)(C)C)NC(=O)[C@@H]3CCNC(=O)O)cc2)n1C. The smallest absolute Gasteiger partial charge is 0.404 e. The van der Waals surface area contributed by atoms with Crippen LogP contribution in [0.25, 0.3) is 11.3 Å². The van der Waals surface area contributed by atoms with Gasteiger partial charge in [-0.25, -0.2) is 9.78 Å². The summed E-state index contributed by atoms with van der Waals surface area (Å²) in [6.07, 6.45) is 1.64. The number of carbonyl (C=O) groups excluding carboxylic acids is 4. The van der Waals surface area contributed by atoms with E-state index in [-0.39, 0.29) is 56.4 Å². The molecule has 2 fully saturated rings. The maximum absolute atomic E-state index is 15.6. The van der Waals surface area contributed by atoms with Crippen molar-refractivity contribution in [2.75, 3.05) is 40.3 Å². The van der Waals surface area contributed by atoms with Gasteiger partial charge in [-0.2, -0.15) is 0 Å². The Balaban J connectivity index is 1.31. The molecule has 2 aliphatic heterocycles. The Morgan fingerprint density at radius 3 is 2.30 bits per heavy atom. The van der Waals surface area contributed by atoms with Crippen molar-refractivity contribution in [1.82, 2.24) is 40.2 Å². The van der Waals surface area contributed by atoms with E-state index in [0.29, 0.717) is 59.5 Å². The van der Waals surface area contributed by atoms with Crippen LogP contribution in [0.15, 0.2) is 103 Å². The molecule has 3 heterocycles. The van der Waals surface area contributed by atoms with Gasteiger partial charge in [0.15, 0.2) is 8.32 Å². The van der Waals surface area contributed by atoms with Gasteiger partial charge in [-0.1, -0.05) is 92.5 Å². The van der Waals surface area contributed by atoms with Crippen molar-refractivity contribution in [3.05, 3.63) is 136 Å². The van der Waals surface area contributed by atoms with Crippen LogP contribution in [0, 0.1) is 5.92 Å². The fourth-order valence-electron chi connectivity index (χ4n) is 9.66. The first-order valence-corrected chi connectivity index (χ1v) is 29.5. The zero-order chi connectivity index (χ0) is 55.0. The highest BCUT2D eigenvalue weighted by Gasteiger charge is 2.45. The molecule has 0 saturated carbocycles.